The van der Waals surface area contributed by atoms with Crippen LogP contribution >= 0.6 is 0 Å². The molecular formula is C20H25N5O2. The summed E-state index contributed by atoms with van der Waals surface area (Å²) in [6.45, 7) is 10.1. The summed E-state index contributed by atoms with van der Waals surface area (Å²) in [4.78, 5) is 25.5. The average molecular weight is 367 g/mol. The predicted molar refractivity (Wildman–Crippen MR) is 104 cm³/mol. The van der Waals surface area contributed by atoms with Crippen molar-refractivity contribution >= 4 is 16.9 Å². The molecule has 7 nitrogen and oxygen atoms in total. The molecule has 0 aliphatic carbocycles. The zero-order chi connectivity index (χ0) is 19.7. The van der Waals surface area contributed by atoms with Crippen molar-refractivity contribution in [2.24, 2.45) is 0 Å². The summed E-state index contributed by atoms with van der Waals surface area (Å²) in [5.74, 6) is -0.261. The standard InChI is InChI=1S/C20H25N5O2/c1-6-13(4)25-14(5)17(16-8-21-10-23-18(16)25)20(27)22-9-15-11(2)7-12(3)24-19(15)26/h7-8,10,13H,6,9H2,1-5H3,(H,22,27)(H,24,26)/t13-/m1/s1. The Hall–Kier alpha value is -2.96. The van der Waals surface area contributed by atoms with Gasteiger partial charge in [-0.25, -0.2) is 15.0 Å². The number of fused-ring (bicyclic) bond motifs is 1. The van der Waals surface area contributed by atoms with Crippen molar-refractivity contribution in [1.29, 1.82) is 0 Å². The van der Waals surface area contributed by atoms with E-state index < -0.39 is 0 Å². The molecule has 2 N–H and O–H groups in total. The van der Waals surface area contributed by atoms with Crippen LogP contribution in [-0.2, 0) is 6.54 Å². The number of amides is 1. The number of nitrogens with one attached hydrogen (secondary N) is 1. The first-order valence-corrected chi connectivity index (χ1v) is 9.09. The molecule has 0 fully saturated rings. The summed E-state index contributed by atoms with van der Waals surface area (Å²) in [5, 5.41) is 13.7. The number of pyridine rings is 1. The van der Waals surface area contributed by atoms with Crippen molar-refractivity contribution in [3.63, 3.8) is 0 Å². The lowest BCUT2D eigenvalue weighted by Crippen LogP contribution is -2.24. The monoisotopic (exact) mass is 367 g/mol. The largest absolute Gasteiger partial charge is 0.493 e. The summed E-state index contributed by atoms with van der Waals surface area (Å²) >= 11 is 0. The highest BCUT2D eigenvalue weighted by Gasteiger charge is 2.23. The van der Waals surface area contributed by atoms with Gasteiger partial charge in [-0.05, 0) is 45.7 Å². The Morgan fingerprint density at radius 1 is 1.33 bits per heavy atom. The fourth-order valence-electron chi connectivity index (χ4n) is 3.49. The molecule has 0 unspecified atom stereocenters. The lowest BCUT2D eigenvalue weighted by molar-refractivity contribution is 0.0951. The summed E-state index contributed by atoms with van der Waals surface area (Å²) in [5.41, 5.74) is 4.45. The van der Waals surface area contributed by atoms with Crippen molar-refractivity contribution < 1.29 is 9.90 Å². The second-order valence-electron chi connectivity index (χ2n) is 6.91. The Labute approximate surface area is 158 Å². The molecule has 3 aromatic rings. The van der Waals surface area contributed by atoms with E-state index in [1.165, 1.54) is 6.33 Å². The van der Waals surface area contributed by atoms with Gasteiger partial charge in [-0.3, -0.25) is 4.79 Å². The highest BCUT2D eigenvalue weighted by atomic mass is 16.3. The topological polar surface area (TPSA) is 92.9 Å². The van der Waals surface area contributed by atoms with Crippen molar-refractivity contribution in [2.45, 2.75) is 53.6 Å². The number of hydrogen-bond acceptors (Lipinski definition) is 5. The van der Waals surface area contributed by atoms with Crippen LogP contribution in [0.5, 0.6) is 5.88 Å². The van der Waals surface area contributed by atoms with Gasteiger partial charge >= 0.3 is 0 Å². The number of carbonyl (C=O) groups is 1. The van der Waals surface area contributed by atoms with E-state index >= 15 is 0 Å². The first-order valence-electron chi connectivity index (χ1n) is 9.09. The van der Waals surface area contributed by atoms with E-state index in [1.54, 1.807) is 6.20 Å². The van der Waals surface area contributed by atoms with Crippen LogP contribution in [-0.4, -0.2) is 30.5 Å². The van der Waals surface area contributed by atoms with Crippen LogP contribution < -0.4 is 5.32 Å². The molecule has 0 saturated carbocycles. The van der Waals surface area contributed by atoms with Crippen molar-refractivity contribution in [2.75, 3.05) is 0 Å². The van der Waals surface area contributed by atoms with Crippen LogP contribution in [0.4, 0.5) is 0 Å². The van der Waals surface area contributed by atoms with Crippen LogP contribution in [0.1, 0.15) is 59.2 Å². The molecule has 0 saturated heterocycles. The molecular weight excluding hydrogens is 342 g/mol. The van der Waals surface area contributed by atoms with Crippen molar-refractivity contribution in [3.8, 4) is 5.88 Å². The molecule has 27 heavy (non-hydrogen) atoms. The van der Waals surface area contributed by atoms with Gasteiger partial charge in [0, 0.05) is 35.7 Å². The van der Waals surface area contributed by atoms with Crippen LogP contribution in [0.15, 0.2) is 18.6 Å². The highest BCUT2D eigenvalue weighted by Crippen LogP contribution is 2.28. The fourth-order valence-corrected chi connectivity index (χ4v) is 3.49. The Bertz CT molecular complexity index is 986. The maximum absolute atomic E-state index is 13.0. The van der Waals surface area contributed by atoms with Gasteiger partial charge in [0.1, 0.15) is 12.0 Å². The number of nitrogens with zero attached hydrogens (tertiary/aromatic N) is 4. The number of aromatic hydroxyl groups is 1. The minimum Gasteiger partial charge on any atom is -0.493 e. The van der Waals surface area contributed by atoms with E-state index in [-0.39, 0.29) is 24.4 Å². The van der Waals surface area contributed by atoms with E-state index in [1.807, 2.05) is 26.8 Å². The van der Waals surface area contributed by atoms with Gasteiger partial charge < -0.3 is 15.0 Å². The molecule has 0 bridgehead atoms. The third kappa shape index (κ3) is 3.37. The molecule has 3 rings (SSSR count). The number of aromatic nitrogens is 4. The highest BCUT2D eigenvalue weighted by molar-refractivity contribution is 6.07. The molecule has 0 aliphatic heterocycles. The average Bonchev–Trinajstić information content (AvgIpc) is 2.91. The molecule has 0 radical (unpaired) electrons. The molecule has 142 valence electrons. The molecule has 7 heteroatoms. The van der Waals surface area contributed by atoms with E-state index in [0.29, 0.717) is 11.1 Å². The maximum atomic E-state index is 13.0. The second-order valence-corrected chi connectivity index (χ2v) is 6.91. The Morgan fingerprint density at radius 3 is 2.74 bits per heavy atom. The van der Waals surface area contributed by atoms with Gasteiger partial charge in [-0.15, -0.1) is 0 Å². The van der Waals surface area contributed by atoms with Gasteiger partial charge in [0.05, 0.1) is 10.9 Å². The number of carbonyl (C=O) groups excluding carboxylic acids is 1. The number of aryl methyl sites for hydroxylation is 2. The summed E-state index contributed by atoms with van der Waals surface area (Å²) < 4.78 is 2.09. The molecule has 3 heterocycles. The second kappa shape index (κ2) is 7.34. The third-order valence-corrected chi connectivity index (χ3v) is 5.05. The van der Waals surface area contributed by atoms with Gasteiger partial charge in [0.25, 0.3) is 5.91 Å². The van der Waals surface area contributed by atoms with Gasteiger partial charge in [-0.1, -0.05) is 6.92 Å². The smallest absolute Gasteiger partial charge is 0.254 e. The zero-order valence-electron chi connectivity index (χ0n) is 16.4. The van der Waals surface area contributed by atoms with E-state index in [2.05, 4.69) is 38.7 Å². The quantitative estimate of drug-likeness (QED) is 0.721. The summed E-state index contributed by atoms with van der Waals surface area (Å²) in [7, 11) is 0. The normalized spacial score (nSPS) is 12.3. The molecule has 3 aromatic heterocycles. The number of hydrogen-bond donors (Lipinski definition) is 2. The van der Waals surface area contributed by atoms with Gasteiger partial charge in [-0.2, -0.15) is 0 Å². The minimum atomic E-state index is -0.214. The Morgan fingerprint density at radius 2 is 2.07 bits per heavy atom. The molecule has 0 aromatic carbocycles. The maximum Gasteiger partial charge on any atom is 0.254 e. The lowest BCUT2D eigenvalue weighted by atomic mass is 10.1. The van der Waals surface area contributed by atoms with Crippen molar-refractivity contribution in [3.05, 3.63) is 46.7 Å². The Kier molecular flexibility index (Phi) is 5.12. The SMILES string of the molecule is CC[C@@H](C)n1c(C)c(C(=O)NCc2c(C)cc(C)nc2O)c2cncnc21. The van der Waals surface area contributed by atoms with Gasteiger partial charge in [0.15, 0.2) is 0 Å². The fraction of sp³-hybridized carbons (Fsp3) is 0.400. The Balaban J connectivity index is 1.96. The zero-order valence-corrected chi connectivity index (χ0v) is 16.4. The van der Waals surface area contributed by atoms with Crippen molar-refractivity contribution in [1.82, 2.24) is 24.8 Å². The lowest BCUT2D eigenvalue weighted by Gasteiger charge is -2.15. The van der Waals surface area contributed by atoms with E-state index in [9.17, 15) is 9.90 Å². The van der Waals surface area contributed by atoms with Crippen LogP contribution in [0.3, 0.4) is 0 Å². The summed E-state index contributed by atoms with van der Waals surface area (Å²) in [6, 6.07) is 2.10. The van der Waals surface area contributed by atoms with Crippen LogP contribution in [0.2, 0.25) is 0 Å². The first-order chi connectivity index (χ1) is 12.8. The minimum absolute atomic E-state index is 0.0464. The molecule has 1 amide bonds. The van der Waals surface area contributed by atoms with E-state index in [0.717, 1.165) is 34.4 Å². The van der Waals surface area contributed by atoms with Gasteiger partial charge in [0.2, 0.25) is 5.88 Å². The van der Waals surface area contributed by atoms with Crippen LogP contribution in [0.25, 0.3) is 11.0 Å². The molecule has 1 atom stereocenters. The predicted octanol–water partition coefficient (Wildman–Crippen LogP) is 3.36. The number of rotatable bonds is 5. The summed E-state index contributed by atoms with van der Waals surface area (Å²) in [6.07, 6.45) is 4.11. The van der Waals surface area contributed by atoms with E-state index in [4.69, 9.17) is 0 Å². The van der Waals surface area contributed by atoms with Crippen LogP contribution in [0, 0.1) is 20.8 Å². The third-order valence-electron chi connectivity index (χ3n) is 5.05. The first kappa shape index (κ1) is 18.8. The molecule has 0 spiro atoms. The molecule has 0 aliphatic rings.